The van der Waals surface area contributed by atoms with E-state index in [0.717, 1.165) is 11.1 Å². The molecule has 0 unspecified atom stereocenters. The summed E-state index contributed by atoms with van der Waals surface area (Å²) in [7, 11) is -2.22. The highest BCUT2D eigenvalue weighted by molar-refractivity contribution is 6.74. The van der Waals surface area contributed by atoms with Crippen LogP contribution in [0.2, 0.25) is 18.1 Å². The lowest BCUT2D eigenvalue weighted by atomic mass is 9.98. The number of allylic oxidation sites excluding steroid dienone is 1. The van der Waals surface area contributed by atoms with Gasteiger partial charge in [-0.1, -0.05) is 93.6 Å². The Balaban J connectivity index is 2.51. The van der Waals surface area contributed by atoms with Crippen molar-refractivity contribution in [3.63, 3.8) is 0 Å². The number of rotatable bonds is 16. The van der Waals surface area contributed by atoms with Gasteiger partial charge in [0.25, 0.3) is 0 Å². The Bertz CT molecular complexity index is 984. The fraction of sp³-hybridized carbons (Fsp3) is 0.469. The molecule has 2 aromatic rings. The lowest BCUT2D eigenvalue weighted by Crippen LogP contribution is -2.53. The first-order valence-corrected chi connectivity index (χ1v) is 16.3. The molecule has 0 aliphatic heterocycles. The third kappa shape index (κ3) is 9.99. The lowest BCUT2D eigenvalue weighted by molar-refractivity contribution is -0.180. The van der Waals surface area contributed by atoms with Crippen LogP contribution < -0.4 is 0 Å². The Morgan fingerprint density at radius 1 is 0.895 bits per heavy atom. The first-order chi connectivity index (χ1) is 18.0. The van der Waals surface area contributed by atoms with Gasteiger partial charge in [-0.25, -0.2) is 0 Å². The fourth-order valence-corrected chi connectivity index (χ4v) is 5.14. The second-order valence-electron chi connectivity index (χ2n) is 11.1. The zero-order valence-corrected chi connectivity index (χ0v) is 25.0. The van der Waals surface area contributed by atoms with Crippen LogP contribution in [0.1, 0.15) is 51.7 Å². The van der Waals surface area contributed by atoms with Crippen LogP contribution in [0.5, 0.6) is 0 Å². The molecule has 0 N–H and O–H groups in total. The maximum atomic E-state index is 12.2. The van der Waals surface area contributed by atoms with Crippen molar-refractivity contribution in [3.05, 3.63) is 97.1 Å². The minimum Gasteiger partial charge on any atom is -0.460 e. The second kappa shape index (κ2) is 15.2. The van der Waals surface area contributed by atoms with Gasteiger partial charge in [0.15, 0.2) is 8.32 Å². The molecule has 2 rings (SSSR count). The van der Waals surface area contributed by atoms with Gasteiger partial charge in [-0.05, 0) is 42.1 Å². The molecule has 2 aromatic carbocycles. The van der Waals surface area contributed by atoms with Crippen LogP contribution in [-0.4, -0.2) is 38.7 Å². The van der Waals surface area contributed by atoms with Gasteiger partial charge in [0.1, 0.15) is 18.3 Å². The number of esters is 1. The first-order valence-electron chi connectivity index (χ1n) is 13.4. The highest BCUT2D eigenvalue weighted by Crippen LogP contribution is 2.38. The summed E-state index contributed by atoms with van der Waals surface area (Å²) in [5, 5.41) is -0.0171. The average Bonchev–Trinajstić information content (AvgIpc) is 2.87. The maximum absolute atomic E-state index is 12.2. The van der Waals surface area contributed by atoms with Crippen molar-refractivity contribution in [2.45, 2.75) is 96.3 Å². The van der Waals surface area contributed by atoms with Crippen LogP contribution in [0, 0.1) is 0 Å². The quantitative estimate of drug-likeness (QED) is 0.125. The highest BCUT2D eigenvalue weighted by Gasteiger charge is 2.44. The molecule has 0 saturated carbocycles. The van der Waals surface area contributed by atoms with Crippen molar-refractivity contribution in [1.29, 1.82) is 0 Å². The summed E-state index contributed by atoms with van der Waals surface area (Å²) < 4.78 is 25.9. The van der Waals surface area contributed by atoms with Gasteiger partial charge in [0.05, 0.1) is 19.3 Å². The van der Waals surface area contributed by atoms with E-state index in [1.165, 1.54) is 6.92 Å². The normalized spacial score (nSPS) is 15.2. The first kappa shape index (κ1) is 31.7. The van der Waals surface area contributed by atoms with Crippen molar-refractivity contribution in [2.75, 3.05) is 0 Å². The Morgan fingerprint density at radius 2 is 1.39 bits per heavy atom. The second-order valence-corrected chi connectivity index (χ2v) is 15.9. The van der Waals surface area contributed by atoms with Crippen LogP contribution in [0.15, 0.2) is 86.0 Å². The molecule has 0 fully saturated rings. The van der Waals surface area contributed by atoms with Gasteiger partial charge in [0, 0.05) is 6.92 Å². The van der Waals surface area contributed by atoms with E-state index in [4.69, 9.17) is 18.6 Å². The van der Waals surface area contributed by atoms with Crippen LogP contribution >= 0.6 is 0 Å². The number of carbonyl (C=O) groups is 1. The molecule has 208 valence electrons. The summed E-state index contributed by atoms with van der Waals surface area (Å²) >= 11 is 0. The summed E-state index contributed by atoms with van der Waals surface area (Å²) in [5.74, 6) is -0.366. The Labute approximate surface area is 231 Å². The minimum absolute atomic E-state index is 0.0171. The predicted molar refractivity (Wildman–Crippen MR) is 157 cm³/mol. The van der Waals surface area contributed by atoms with E-state index in [1.807, 2.05) is 66.7 Å². The van der Waals surface area contributed by atoms with Gasteiger partial charge < -0.3 is 18.6 Å². The Hall–Kier alpha value is -2.51. The Kier molecular flexibility index (Phi) is 12.7. The highest BCUT2D eigenvalue weighted by atomic mass is 28.4. The van der Waals surface area contributed by atoms with Crippen LogP contribution in [-0.2, 0) is 36.6 Å². The molecular weight excluding hydrogens is 492 g/mol. The minimum atomic E-state index is -2.22. The van der Waals surface area contributed by atoms with Crippen LogP contribution in [0.25, 0.3) is 0 Å². The summed E-state index contributed by atoms with van der Waals surface area (Å²) in [6.07, 6.45) is 2.64. The van der Waals surface area contributed by atoms with Crippen molar-refractivity contribution >= 4 is 14.3 Å². The van der Waals surface area contributed by atoms with E-state index in [9.17, 15) is 4.79 Å². The van der Waals surface area contributed by atoms with E-state index in [-0.39, 0.29) is 11.0 Å². The molecule has 4 atom stereocenters. The van der Waals surface area contributed by atoms with Crippen molar-refractivity contribution in [3.8, 4) is 0 Å². The summed E-state index contributed by atoms with van der Waals surface area (Å²) in [6.45, 7) is 21.1. The fourth-order valence-electron chi connectivity index (χ4n) is 3.88. The van der Waals surface area contributed by atoms with E-state index < -0.39 is 32.7 Å². The average molecular weight is 539 g/mol. The van der Waals surface area contributed by atoms with E-state index in [2.05, 4.69) is 47.0 Å². The molecule has 6 heteroatoms. The van der Waals surface area contributed by atoms with E-state index in [0.29, 0.717) is 26.1 Å². The number of hydrogen-bond donors (Lipinski definition) is 0. The molecule has 0 saturated heterocycles. The molecule has 38 heavy (non-hydrogen) atoms. The summed E-state index contributed by atoms with van der Waals surface area (Å²) in [4.78, 5) is 12.2. The zero-order valence-electron chi connectivity index (χ0n) is 24.0. The smallest absolute Gasteiger partial charge is 0.302 e. The third-order valence-corrected chi connectivity index (χ3v) is 11.5. The van der Waals surface area contributed by atoms with Crippen LogP contribution in [0.4, 0.5) is 0 Å². The predicted octanol–water partition coefficient (Wildman–Crippen LogP) is 7.63. The molecule has 0 bridgehead atoms. The van der Waals surface area contributed by atoms with Crippen molar-refractivity contribution < 1.29 is 23.4 Å². The zero-order chi connectivity index (χ0) is 28.2. The SMILES string of the molecule is C=CCC[C@H](OC(C)=O)[C@H](OCc1ccccc1)[C@H](OCc1ccccc1)[C@@H](C=C)O[Si](C)(C)C(C)(C)C. The molecule has 0 radical (unpaired) electrons. The van der Waals surface area contributed by atoms with Gasteiger partial charge in [-0.3, -0.25) is 4.79 Å². The van der Waals surface area contributed by atoms with Gasteiger partial charge in [-0.15, -0.1) is 13.2 Å². The number of hydrogen-bond acceptors (Lipinski definition) is 5. The number of benzene rings is 2. The molecule has 0 aliphatic carbocycles. The van der Waals surface area contributed by atoms with Gasteiger partial charge in [-0.2, -0.15) is 0 Å². The lowest BCUT2D eigenvalue weighted by Gasteiger charge is -2.43. The number of ether oxygens (including phenoxy) is 3. The maximum Gasteiger partial charge on any atom is 0.302 e. The third-order valence-electron chi connectivity index (χ3n) is 7.03. The summed E-state index contributed by atoms with van der Waals surface area (Å²) in [6, 6.07) is 19.9. The topological polar surface area (TPSA) is 54.0 Å². The molecular formula is C32H46O5Si. The summed E-state index contributed by atoms with van der Waals surface area (Å²) in [5.41, 5.74) is 2.05. The van der Waals surface area contributed by atoms with Crippen molar-refractivity contribution in [2.24, 2.45) is 0 Å². The molecule has 0 heterocycles. The monoisotopic (exact) mass is 538 g/mol. The van der Waals surface area contributed by atoms with E-state index in [1.54, 1.807) is 6.08 Å². The molecule has 0 aliphatic rings. The van der Waals surface area contributed by atoms with Crippen LogP contribution in [0.3, 0.4) is 0 Å². The standard InChI is InChI=1S/C32H46O5Si/c1-9-11-22-29(36-25(3)33)31(35-24-27-20-16-13-17-21-27)30(34-23-26-18-14-12-15-19-26)28(10-2)37-38(7,8)32(4,5)6/h9-10,12-21,28-31H,1-2,11,22-24H2,3-8H3/t28-,29+,30-,31+/m1/s1. The Morgan fingerprint density at radius 3 is 1.82 bits per heavy atom. The van der Waals surface area contributed by atoms with Gasteiger partial charge >= 0.3 is 5.97 Å². The largest absolute Gasteiger partial charge is 0.460 e. The van der Waals surface area contributed by atoms with Gasteiger partial charge in [0.2, 0.25) is 0 Å². The molecule has 0 spiro atoms. The van der Waals surface area contributed by atoms with E-state index >= 15 is 0 Å². The van der Waals surface area contributed by atoms with Crippen molar-refractivity contribution in [1.82, 2.24) is 0 Å². The molecule has 5 nitrogen and oxygen atoms in total. The molecule has 0 amide bonds. The number of carbonyl (C=O) groups excluding carboxylic acids is 1. The molecule has 0 aromatic heterocycles.